The van der Waals surface area contributed by atoms with Gasteiger partial charge in [-0.15, -0.1) is 0 Å². The molecule has 6 heteroatoms. The molecule has 6 nitrogen and oxygen atoms in total. The summed E-state index contributed by atoms with van der Waals surface area (Å²) >= 11 is 0. The highest BCUT2D eigenvalue weighted by molar-refractivity contribution is 5.44. The molecule has 0 aromatic carbocycles. The van der Waals surface area contributed by atoms with Crippen LogP contribution in [0.2, 0.25) is 0 Å². The van der Waals surface area contributed by atoms with Gasteiger partial charge in [-0.25, -0.2) is 9.97 Å². The highest BCUT2D eigenvalue weighted by Crippen LogP contribution is 2.15. The van der Waals surface area contributed by atoms with E-state index in [1.165, 1.54) is 0 Å². The van der Waals surface area contributed by atoms with Gasteiger partial charge in [0.2, 0.25) is 0 Å². The van der Waals surface area contributed by atoms with E-state index in [4.69, 9.17) is 9.72 Å². The van der Waals surface area contributed by atoms with Crippen LogP contribution in [-0.2, 0) is 4.74 Å². The van der Waals surface area contributed by atoms with Crippen LogP contribution in [0.25, 0.3) is 5.82 Å². The molecule has 0 saturated carbocycles. The normalized spacial score (nSPS) is 10.4. The zero-order valence-electron chi connectivity index (χ0n) is 16.1. The maximum absolute atomic E-state index is 5.14. The van der Waals surface area contributed by atoms with Crippen molar-refractivity contribution >= 4 is 5.82 Å². The Morgan fingerprint density at radius 3 is 2.78 bits per heavy atom. The minimum absolute atomic E-state index is 0.654. The van der Waals surface area contributed by atoms with Crippen LogP contribution in [0.15, 0.2) is 42.7 Å². The van der Waals surface area contributed by atoms with E-state index in [1.54, 1.807) is 13.3 Å². The average molecular weight is 361 g/mol. The van der Waals surface area contributed by atoms with Crippen molar-refractivity contribution in [3.63, 3.8) is 0 Å². The van der Waals surface area contributed by atoms with Gasteiger partial charge in [0, 0.05) is 44.4 Å². The smallest absolute Gasteiger partial charge is 0.140 e. The lowest BCUT2D eigenvalue weighted by atomic mass is 10.2. The topological polar surface area (TPSA) is 56.1 Å². The van der Waals surface area contributed by atoms with Gasteiger partial charge in [0.05, 0.1) is 6.61 Å². The van der Waals surface area contributed by atoms with E-state index in [1.807, 2.05) is 62.0 Å². The molecule has 0 aliphatic heterocycles. The molecule has 3 aromatic rings. The van der Waals surface area contributed by atoms with Gasteiger partial charge in [-0.2, -0.15) is 0 Å². The molecule has 3 rings (SSSR count). The molecule has 0 atom stereocenters. The number of hydrogen-bond donors (Lipinski definition) is 0. The summed E-state index contributed by atoms with van der Waals surface area (Å²) in [7, 11) is 3.70. The molecule has 27 heavy (non-hydrogen) atoms. The van der Waals surface area contributed by atoms with Crippen LogP contribution < -0.4 is 4.90 Å². The maximum atomic E-state index is 5.14. The fourth-order valence-corrected chi connectivity index (χ4v) is 2.63. The zero-order chi connectivity index (χ0) is 19.2. The highest BCUT2D eigenvalue weighted by atomic mass is 16.5. The van der Waals surface area contributed by atoms with E-state index in [9.17, 15) is 0 Å². The molecule has 0 N–H and O–H groups in total. The summed E-state index contributed by atoms with van der Waals surface area (Å²) < 4.78 is 7.09. The second-order valence-corrected chi connectivity index (χ2v) is 6.25. The summed E-state index contributed by atoms with van der Waals surface area (Å²) in [6, 6.07) is 9.79. The van der Waals surface area contributed by atoms with Crippen molar-refractivity contribution in [2.45, 2.75) is 13.8 Å². The predicted octanol–water partition coefficient (Wildman–Crippen LogP) is 2.76. The second kappa shape index (κ2) is 8.47. The summed E-state index contributed by atoms with van der Waals surface area (Å²) in [6.07, 6.45) is 3.68. The number of aromatic nitrogens is 4. The van der Waals surface area contributed by atoms with Crippen LogP contribution in [0.5, 0.6) is 0 Å². The molecule has 0 saturated heterocycles. The van der Waals surface area contributed by atoms with E-state index in [-0.39, 0.29) is 0 Å². The molecule has 3 aromatic heterocycles. The summed E-state index contributed by atoms with van der Waals surface area (Å²) in [6.45, 7) is 5.33. The first kappa shape index (κ1) is 18.6. The van der Waals surface area contributed by atoms with Crippen molar-refractivity contribution < 1.29 is 4.74 Å². The van der Waals surface area contributed by atoms with E-state index >= 15 is 0 Å². The molecule has 138 valence electrons. The number of rotatable bonds is 5. The molecule has 0 aliphatic carbocycles. The zero-order valence-corrected chi connectivity index (χ0v) is 16.1. The van der Waals surface area contributed by atoms with E-state index in [2.05, 4.69) is 26.7 Å². The number of pyridine rings is 2. The molecule has 0 aliphatic rings. The van der Waals surface area contributed by atoms with E-state index in [0.29, 0.717) is 12.3 Å². The van der Waals surface area contributed by atoms with Gasteiger partial charge < -0.3 is 9.64 Å². The summed E-state index contributed by atoms with van der Waals surface area (Å²) in [5, 5.41) is 0. The quantitative estimate of drug-likeness (QED) is 0.654. The number of imidazole rings is 1. The Hall–Kier alpha value is -3.17. The summed E-state index contributed by atoms with van der Waals surface area (Å²) in [5.74, 6) is 8.80. The Morgan fingerprint density at radius 2 is 2.00 bits per heavy atom. The monoisotopic (exact) mass is 361 g/mol. The fraction of sp³-hybridized carbons (Fsp3) is 0.286. The minimum Gasteiger partial charge on any atom is -0.383 e. The first-order chi connectivity index (χ1) is 13.1. The van der Waals surface area contributed by atoms with Crippen LogP contribution >= 0.6 is 0 Å². The number of ether oxygens (including phenoxy) is 1. The van der Waals surface area contributed by atoms with E-state index in [0.717, 1.165) is 35.3 Å². The number of likely N-dealkylation sites (N-methyl/N-ethyl adjacent to an activating group) is 1. The van der Waals surface area contributed by atoms with Gasteiger partial charge in [0.1, 0.15) is 23.2 Å². The largest absolute Gasteiger partial charge is 0.383 e. The third kappa shape index (κ3) is 4.72. The highest BCUT2D eigenvalue weighted by Gasteiger charge is 2.08. The molecule has 0 fully saturated rings. The molecule has 0 radical (unpaired) electrons. The van der Waals surface area contributed by atoms with Gasteiger partial charge in [-0.1, -0.05) is 12.0 Å². The predicted molar refractivity (Wildman–Crippen MR) is 106 cm³/mol. The molecule has 0 spiro atoms. The van der Waals surface area contributed by atoms with Crippen molar-refractivity contribution in [3.8, 4) is 17.7 Å². The van der Waals surface area contributed by atoms with Crippen LogP contribution in [0, 0.1) is 25.7 Å². The first-order valence-electron chi connectivity index (χ1n) is 8.75. The Kier molecular flexibility index (Phi) is 5.84. The standard InChI is InChI=1S/C21H23N5O/c1-16-14-18(10-11-22-16)8-9-19-15-26(17(2)23-19)21-7-5-6-20(24-21)25(3)12-13-27-4/h5-7,10-11,14-15H,12-13H2,1-4H3. The number of methoxy groups -OCH3 is 1. The lowest BCUT2D eigenvalue weighted by molar-refractivity contribution is 0.206. The third-order valence-electron chi connectivity index (χ3n) is 4.10. The molecular weight excluding hydrogens is 338 g/mol. The average Bonchev–Trinajstić information content (AvgIpc) is 3.05. The van der Waals surface area contributed by atoms with Crippen LogP contribution in [0.1, 0.15) is 22.8 Å². The summed E-state index contributed by atoms with van der Waals surface area (Å²) in [4.78, 5) is 15.5. The third-order valence-corrected chi connectivity index (χ3v) is 4.10. The lowest BCUT2D eigenvalue weighted by Crippen LogP contribution is -2.23. The van der Waals surface area contributed by atoms with Crippen LogP contribution in [0.4, 0.5) is 5.82 Å². The maximum Gasteiger partial charge on any atom is 0.140 e. The van der Waals surface area contributed by atoms with Crippen molar-refractivity contribution in [1.82, 2.24) is 19.5 Å². The molecule has 0 unspecified atom stereocenters. The number of nitrogens with zero attached hydrogens (tertiary/aromatic N) is 5. The fourth-order valence-electron chi connectivity index (χ4n) is 2.63. The van der Waals surface area contributed by atoms with Gasteiger partial charge in [0.15, 0.2) is 0 Å². The van der Waals surface area contributed by atoms with E-state index < -0.39 is 0 Å². The molecule has 0 bridgehead atoms. The second-order valence-electron chi connectivity index (χ2n) is 6.25. The Bertz CT molecular complexity index is 983. The van der Waals surface area contributed by atoms with Crippen molar-refractivity contribution in [1.29, 1.82) is 0 Å². The van der Waals surface area contributed by atoms with Gasteiger partial charge in [-0.3, -0.25) is 9.55 Å². The first-order valence-corrected chi connectivity index (χ1v) is 8.75. The number of hydrogen-bond acceptors (Lipinski definition) is 5. The SMILES string of the molecule is COCCN(C)c1cccc(-n2cc(C#Cc3ccnc(C)c3)nc2C)n1. The van der Waals surface area contributed by atoms with Gasteiger partial charge >= 0.3 is 0 Å². The van der Waals surface area contributed by atoms with Crippen molar-refractivity contribution in [2.75, 3.05) is 32.2 Å². The molecular formula is C21H23N5O. The van der Waals surface area contributed by atoms with Crippen LogP contribution in [0.3, 0.4) is 0 Å². The van der Waals surface area contributed by atoms with Gasteiger partial charge in [0.25, 0.3) is 0 Å². The minimum atomic E-state index is 0.654. The van der Waals surface area contributed by atoms with Gasteiger partial charge in [-0.05, 0) is 44.0 Å². The molecule has 3 heterocycles. The number of aryl methyl sites for hydroxylation is 2. The Labute approximate surface area is 159 Å². The summed E-state index contributed by atoms with van der Waals surface area (Å²) in [5.41, 5.74) is 2.58. The van der Waals surface area contributed by atoms with Crippen molar-refractivity contribution in [3.05, 3.63) is 65.5 Å². The Balaban J connectivity index is 1.85. The van der Waals surface area contributed by atoms with Crippen molar-refractivity contribution in [2.24, 2.45) is 0 Å². The lowest BCUT2D eigenvalue weighted by Gasteiger charge is -2.18. The Morgan fingerprint density at radius 1 is 1.15 bits per heavy atom. The number of anilines is 1. The molecule has 0 amide bonds. The van der Waals surface area contributed by atoms with Crippen LogP contribution in [-0.4, -0.2) is 46.8 Å².